The summed E-state index contributed by atoms with van der Waals surface area (Å²) in [5.41, 5.74) is 1.89. The summed E-state index contributed by atoms with van der Waals surface area (Å²) in [7, 11) is 0. The Morgan fingerprint density at radius 2 is 1.93 bits per heavy atom. The van der Waals surface area contributed by atoms with E-state index < -0.39 is 0 Å². The van der Waals surface area contributed by atoms with E-state index in [2.05, 4.69) is 20.2 Å². The fraction of sp³-hybridized carbons (Fsp3) is 0.421. The highest BCUT2D eigenvalue weighted by molar-refractivity contribution is 7.17. The Morgan fingerprint density at radius 3 is 2.56 bits per heavy atom. The van der Waals surface area contributed by atoms with Gasteiger partial charge in [-0.3, -0.25) is 9.69 Å². The second-order valence-electron chi connectivity index (χ2n) is 6.77. The molecule has 1 aliphatic rings. The zero-order chi connectivity index (χ0) is 19.0. The first-order chi connectivity index (χ1) is 13.0. The highest BCUT2D eigenvalue weighted by Gasteiger charge is 2.26. The van der Waals surface area contributed by atoms with Crippen LogP contribution >= 0.6 is 22.7 Å². The second kappa shape index (κ2) is 7.53. The molecule has 1 saturated heterocycles. The molecule has 0 unspecified atom stereocenters. The summed E-state index contributed by atoms with van der Waals surface area (Å²) in [6, 6.07) is 3.82. The van der Waals surface area contributed by atoms with E-state index in [0.29, 0.717) is 4.88 Å². The number of carbonyl (C=O) groups is 1. The van der Waals surface area contributed by atoms with Crippen LogP contribution in [0.4, 0.5) is 0 Å². The smallest absolute Gasteiger partial charge is 0.265 e. The molecule has 1 amide bonds. The normalized spacial score (nSPS) is 15.4. The number of carbonyl (C=O) groups excluding carboxylic acids is 1. The van der Waals surface area contributed by atoms with Gasteiger partial charge in [-0.2, -0.15) is 0 Å². The van der Waals surface area contributed by atoms with Crippen molar-refractivity contribution in [1.82, 2.24) is 19.8 Å². The zero-order valence-electron chi connectivity index (χ0n) is 15.7. The Balaban J connectivity index is 1.40. The molecule has 0 radical (unpaired) electrons. The minimum Gasteiger partial charge on any atom is -0.459 e. The molecule has 0 atom stereocenters. The van der Waals surface area contributed by atoms with Gasteiger partial charge >= 0.3 is 0 Å². The van der Waals surface area contributed by atoms with Crippen molar-refractivity contribution < 1.29 is 9.21 Å². The van der Waals surface area contributed by atoms with Gasteiger partial charge in [0.2, 0.25) is 0 Å². The summed E-state index contributed by atoms with van der Waals surface area (Å²) in [6.45, 7) is 9.87. The summed E-state index contributed by atoms with van der Waals surface area (Å²) >= 11 is 3.10. The van der Waals surface area contributed by atoms with Crippen LogP contribution in [0.5, 0.6) is 0 Å². The predicted octanol–water partition coefficient (Wildman–Crippen LogP) is 3.74. The van der Waals surface area contributed by atoms with E-state index in [9.17, 15) is 4.79 Å². The number of aryl methyl sites for hydroxylation is 3. The number of rotatable bonds is 4. The van der Waals surface area contributed by atoms with Crippen LogP contribution in [0, 0.1) is 20.8 Å². The SMILES string of the molecule is Cc1ccc(-c2nc(C)c(C(=O)N3CCN(Cc4csc(C)n4)CC3)s2)o1. The lowest BCUT2D eigenvalue weighted by Crippen LogP contribution is -2.48. The molecule has 0 saturated carbocycles. The number of nitrogens with zero attached hydrogens (tertiary/aromatic N) is 4. The average Bonchev–Trinajstić information content (AvgIpc) is 3.35. The maximum atomic E-state index is 13.0. The summed E-state index contributed by atoms with van der Waals surface area (Å²) in [4.78, 5) is 27.0. The molecule has 6 nitrogen and oxygen atoms in total. The molecule has 27 heavy (non-hydrogen) atoms. The second-order valence-corrected chi connectivity index (χ2v) is 8.83. The number of hydrogen-bond acceptors (Lipinski definition) is 7. The molecule has 0 N–H and O–H groups in total. The minimum atomic E-state index is 0.0729. The molecule has 1 fully saturated rings. The van der Waals surface area contributed by atoms with Crippen LogP contribution in [-0.2, 0) is 6.54 Å². The van der Waals surface area contributed by atoms with E-state index in [1.807, 2.05) is 37.8 Å². The van der Waals surface area contributed by atoms with Crippen molar-refractivity contribution in [3.05, 3.63) is 44.5 Å². The number of furan rings is 1. The van der Waals surface area contributed by atoms with Crippen molar-refractivity contribution in [2.24, 2.45) is 0 Å². The van der Waals surface area contributed by atoms with E-state index in [0.717, 1.165) is 65.6 Å². The van der Waals surface area contributed by atoms with Crippen molar-refractivity contribution in [3.63, 3.8) is 0 Å². The largest absolute Gasteiger partial charge is 0.459 e. The standard InChI is InChI=1S/C19H22N4O2S2/c1-12-4-5-16(25-12)18-20-13(2)17(27-18)19(24)23-8-6-22(7-9-23)10-15-11-26-14(3)21-15/h4-5,11H,6-10H2,1-3H3. The lowest BCUT2D eigenvalue weighted by molar-refractivity contribution is 0.0631. The van der Waals surface area contributed by atoms with Gasteiger partial charge in [-0.1, -0.05) is 0 Å². The van der Waals surface area contributed by atoms with Crippen LogP contribution in [-0.4, -0.2) is 51.9 Å². The van der Waals surface area contributed by atoms with Gasteiger partial charge in [0.15, 0.2) is 10.8 Å². The van der Waals surface area contributed by atoms with Gasteiger partial charge in [0.25, 0.3) is 5.91 Å². The Morgan fingerprint density at radius 1 is 1.15 bits per heavy atom. The molecule has 3 aromatic rings. The van der Waals surface area contributed by atoms with Gasteiger partial charge in [0.05, 0.1) is 16.4 Å². The topological polar surface area (TPSA) is 62.5 Å². The van der Waals surface area contributed by atoms with Crippen LogP contribution in [0.1, 0.15) is 31.8 Å². The van der Waals surface area contributed by atoms with Gasteiger partial charge in [-0.25, -0.2) is 9.97 Å². The number of aromatic nitrogens is 2. The molecule has 8 heteroatoms. The summed E-state index contributed by atoms with van der Waals surface area (Å²) in [5.74, 6) is 1.64. The van der Waals surface area contributed by atoms with Crippen LogP contribution in [0.3, 0.4) is 0 Å². The molecule has 0 aliphatic carbocycles. The summed E-state index contributed by atoms with van der Waals surface area (Å²) in [6.07, 6.45) is 0. The molecule has 1 aliphatic heterocycles. The molecular formula is C19H22N4O2S2. The number of amides is 1. The first-order valence-electron chi connectivity index (χ1n) is 8.96. The Hall–Kier alpha value is -2.03. The van der Waals surface area contributed by atoms with E-state index in [1.165, 1.54) is 11.3 Å². The van der Waals surface area contributed by atoms with Crippen LogP contribution in [0.15, 0.2) is 21.9 Å². The van der Waals surface area contributed by atoms with Crippen molar-refractivity contribution in [2.45, 2.75) is 27.3 Å². The predicted molar refractivity (Wildman–Crippen MR) is 107 cm³/mol. The van der Waals surface area contributed by atoms with Crippen LogP contribution in [0.25, 0.3) is 10.8 Å². The minimum absolute atomic E-state index is 0.0729. The molecule has 3 aromatic heterocycles. The first kappa shape index (κ1) is 18.3. The fourth-order valence-electron chi connectivity index (χ4n) is 3.21. The average molecular weight is 403 g/mol. The highest BCUT2D eigenvalue weighted by Crippen LogP contribution is 2.30. The molecule has 142 valence electrons. The Labute approximate surface area is 166 Å². The monoisotopic (exact) mass is 402 g/mol. The Kier molecular flexibility index (Phi) is 5.12. The molecule has 4 rings (SSSR count). The van der Waals surface area contributed by atoms with Gasteiger partial charge < -0.3 is 9.32 Å². The number of thiazole rings is 2. The fourth-order valence-corrected chi connectivity index (χ4v) is 4.81. The lowest BCUT2D eigenvalue weighted by Gasteiger charge is -2.34. The van der Waals surface area contributed by atoms with E-state index in [-0.39, 0.29) is 5.91 Å². The summed E-state index contributed by atoms with van der Waals surface area (Å²) < 4.78 is 5.65. The molecular weight excluding hydrogens is 380 g/mol. The lowest BCUT2D eigenvalue weighted by atomic mass is 10.2. The molecule has 0 spiro atoms. The molecule has 0 aromatic carbocycles. The van der Waals surface area contributed by atoms with E-state index >= 15 is 0 Å². The third-order valence-corrected chi connectivity index (χ3v) is 6.64. The molecule has 4 heterocycles. The zero-order valence-corrected chi connectivity index (χ0v) is 17.3. The maximum Gasteiger partial charge on any atom is 0.265 e. The van der Waals surface area contributed by atoms with Gasteiger partial charge in [0, 0.05) is 38.1 Å². The first-order valence-corrected chi connectivity index (χ1v) is 10.7. The van der Waals surface area contributed by atoms with Crippen LogP contribution < -0.4 is 0 Å². The Bertz CT molecular complexity index is 951. The maximum absolute atomic E-state index is 13.0. The van der Waals surface area contributed by atoms with Gasteiger partial charge in [-0.05, 0) is 32.9 Å². The van der Waals surface area contributed by atoms with Gasteiger partial charge in [-0.15, -0.1) is 22.7 Å². The molecule has 0 bridgehead atoms. The van der Waals surface area contributed by atoms with Gasteiger partial charge in [0.1, 0.15) is 10.6 Å². The van der Waals surface area contributed by atoms with Crippen molar-refractivity contribution in [1.29, 1.82) is 0 Å². The van der Waals surface area contributed by atoms with Crippen molar-refractivity contribution in [3.8, 4) is 10.8 Å². The summed E-state index contributed by atoms with van der Waals surface area (Å²) in [5, 5.41) is 3.98. The number of piperazine rings is 1. The highest BCUT2D eigenvalue weighted by atomic mass is 32.1. The third-order valence-electron chi connectivity index (χ3n) is 4.65. The van der Waals surface area contributed by atoms with E-state index in [1.54, 1.807) is 11.3 Å². The van der Waals surface area contributed by atoms with Crippen molar-refractivity contribution >= 4 is 28.6 Å². The third kappa shape index (κ3) is 3.97. The number of hydrogen-bond donors (Lipinski definition) is 0. The quantitative estimate of drug-likeness (QED) is 0.665. The van der Waals surface area contributed by atoms with Crippen LogP contribution in [0.2, 0.25) is 0 Å². The van der Waals surface area contributed by atoms with E-state index in [4.69, 9.17) is 4.42 Å². The van der Waals surface area contributed by atoms with Crippen molar-refractivity contribution in [2.75, 3.05) is 26.2 Å².